The van der Waals surface area contributed by atoms with Crippen molar-refractivity contribution in [3.8, 4) is 11.1 Å². The molecule has 0 spiro atoms. The molecule has 4 aromatic carbocycles. The first-order chi connectivity index (χ1) is 42.1. The van der Waals surface area contributed by atoms with Crippen LogP contribution >= 0.6 is 39.1 Å². The van der Waals surface area contributed by atoms with Crippen molar-refractivity contribution >= 4 is 133 Å². The SMILES string of the molecule is C.CC1(C)OB(c2cc(Cl)c3oc(CNC(=O)/C=C/c4ccc(N)nc4)cc3c2)OC1(C)C.Nc1ccc(/C=C/C(=O)NCc2cc3cc(-c4ccc(C(=O)C(=O)N5CCOCC5)cc4)cc(Cl)c3o2)cn1.O=C(C(=O)N1CCOCC1)c1ccc(Br)cc1. The number of fused-ring (bicyclic) bond motifs is 2. The average Bonchev–Trinajstić information content (AvgIpc) is 2.14. The number of nitrogens with two attached hydrogens (primary N) is 2. The van der Waals surface area contributed by atoms with Crippen LogP contribution in [0.2, 0.25) is 10.0 Å². The van der Waals surface area contributed by atoms with Crippen molar-refractivity contribution in [2.75, 3.05) is 64.1 Å². The monoisotopic (exact) mass is 1310 g/mol. The third-order valence-corrected chi connectivity index (χ3v) is 15.8. The van der Waals surface area contributed by atoms with Gasteiger partial charge >= 0.3 is 7.12 Å². The molecule has 4 aromatic heterocycles. The Kier molecular flexibility index (Phi) is 22.2. The fourth-order valence-corrected chi connectivity index (χ4v) is 9.93. The van der Waals surface area contributed by atoms with Crippen LogP contribution in [0.3, 0.4) is 0 Å². The molecular weight excluding hydrogens is 1250 g/mol. The number of anilines is 2. The molecule has 3 aliphatic rings. The van der Waals surface area contributed by atoms with Crippen LogP contribution in [0, 0.1) is 0 Å². The lowest BCUT2D eigenvalue weighted by atomic mass is 9.78. The molecule has 0 atom stereocenters. The molecule has 3 saturated heterocycles. The number of ketones is 2. The van der Waals surface area contributed by atoms with Crippen LogP contribution in [0.5, 0.6) is 0 Å². The Morgan fingerprint density at radius 2 is 1.01 bits per heavy atom. The molecule has 3 aliphatic heterocycles. The van der Waals surface area contributed by atoms with Gasteiger partial charge in [0, 0.05) is 77.1 Å². The summed E-state index contributed by atoms with van der Waals surface area (Å²) >= 11 is 16.3. The van der Waals surface area contributed by atoms with Gasteiger partial charge in [0.2, 0.25) is 23.4 Å². The molecule has 0 aliphatic carbocycles. The summed E-state index contributed by atoms with van der Waals surface area (Å²) in [5.41, 5.74) is 16.0. The van der Waals surface area contributed by atoms with Crippen LogP contribution in [-0.4, -0.2) is 126 Å². The molecule has 6 N–H and O–H groups in total. The fourth-order valence-electron chi connectivity index (χ4n) is 9.13. The summed E-state index contributed by atoms with van der Waals surface area (Å²) in [7, 11) is -0.520. The molecule has 0 bridgehead atoms. The number of amides is 4. The highest BCUT2D eigenvalue weighted by molar-refractivity contribution is 9.10. The van der Waals surface area contributed by atoms with Gasteiger partial charge in [0.1, 0.15) is 23.2 Å². The first-order valence-corrected chi connectivity index (χ1v) is 29.5. The molecule has 0 radical (unpaired) electrons. The van der Waals surface area contributed by atoms with Crippen molar-refractivity contribution in [3.63, 3.8) is 0 Å². The van der Waals surface area contributed by atoms with E-state index in [1.54, 1.807) is 109 Å². The number of aromatic nitrogens is 2. The van der Waals surface area contributed by atoms with E-state index in [9.17, 15) is 28.8 Å². The van der Waals surface area contributed by atoms with Crippen LogP contribution in [-0.2, 0) is 51.1 Å². The summed E-state index contributed by atoms with van der Waals surface area (Å²) in [5.74, 6) is -0.554. The normalized spacial score (nSPS) is 15.2. The summed E-state index contributed by atoms with van der Waals surface area (Å²) in [6.07, 6.45) is 9.31. The first kappa shape index (κ1) is 66.5. The van der Waals surface area contributed by atoms with Gasteiger partial charge in [-0.15, -0.1) is 0 Å². The van der Waals surface area contributed by atoms with Crippen molar-refractivity contribution in [2.24, 2.45) is 0 Å². The van der Waals surface area contributed by atoms with E-state index >= 15 is 0 Å². The number of nitrogen functional groups attached to an aromatic ring is 2. The van der Waals surface area contributed by atoms with Crippen LogP contribution in [0.15, 0.2) is 147 Å². The molecule has 0 unspecified atom stereocenters. The number of halogens is 3. The number of ether oxygens (including phenoxy) is 2. The van der Waals surface area contributed by atoms with Crippen LogP contribution in [0.4, 0.5) is 11.6 Å². The number of morpholine rings is 2. The van der Waals surface area contributed by atoms with Crippen molar-refractivity contribution < 1.29 is 56.4 Å². The zero-order chi connectivity index (χ0) is 62.7. The summed E-state index contributed by atoms with van der Waals surface area (Å²) in [6, 6.07) is 31.6. The summed E-state index contributed by atoms with van der Waals surface area (Å²) in [6.45, 7) is 12.1. The molecule has 24 heteroatoms. The third kappa shape index (κ3) is 17.2. The molecule has 462 valence electrons. The van der Waals surface area contributed by atoms with Gasteiger partial charge in [-0.2, -0.15) is 0 Å². The van der Waals surface area contributed by atoms with Crippen molar-refractivity contribution in [1.29, 1.82) is 0 Å². The minimum Gasteiger partial charge on any atom is -0.458 e. The largest absolute Gasteiger partial charge is 0.494 e. The van der Waals surface area contributed by atoms with E-state index in [0.29, 0.717) is 108 Å². The molecule has 11 rings (SSSR count). The highest BCUT2D eigenvalue weighted by atomic mass is 79.9. The number of Topliss-reactive ketones (excluding diaryl/α,β-unsaturated/α-hetero) is 2. The van der Waals surface area contributed by atoms with E-state index in [-0.39, 0.29) is 32.3 Å². The second-order valence-electron chi connectivity index (χ2n) is 21.5. The Labute approximate surface area is 533 Å². The molecule has 0 saturated carbocycles. The van der Waals surface area contributed by atoms with Gasteiger partial charge in [-0.3, -0.25) is 28.8 Å². The molecule has 3 fully saturated rings. The van der Waals surface area contributed by atoms with E-state index < -0.39 is 41.7 Å². The van der Waals surface area contributed by atoms with Crippen molar-refractivity contribution in [3.05, 3.63) is 182 Å². The topological polar surface area (TPSA) is 274 Å². The number of carbonyl (C=O) groups excluding carboxylic acids is 6. The average molecular weight is 1310 g/mol. The maximum atomic E-state index is 12.7. The number of hydrogen-bond donors (Lipinski definition) is 4. The van der Waals surface area contributed by atoms with E-state index in [0.717, 1.165) is 43.0 Å². The zero-order valence-electron chi connectivity index (χ0n) is 48.5. The predicted octanol–water partition coefficient (Wildman–Crippen LogP) is 9.92. The summed E-state index contributed by atoms with van der Waals surface area (Å²) in [5, 5.41) is 8.03. The maximum Gasteiger partial charge on any atom is 0.494 e. The second kappa shape index (κ2) is 29.7. The number of pyridine rings is 2. The maximum absolute atomic E-state index is 12.7. The van der Waals surface area contributed by atoms with Gasteiger partial charge < -0.3 is 59.5 Å². The predicted molar refractivity (Wildman–Crippen MR) is 347 cm³/mol. The number of carbonyl (C=O) groups is 6. The minimum absolute atomic E-state index is 0. The lowest BCUT2D eigenvalue weighted by molar-refractivity contribution is -0.130. The number of benzene rings is 4. The highest BCUT2D eigenvalue weighted by Crippen LogP contribution is 2.38. The lowest BCUT2D eigenvalue weighted by Gasteiger charge is -2.32. The number of furan rings is 2. The Morgan fingerprint density at radius 3 is 1.45 bits per heavy atom. The van der Waals surface area contributed by atoms with Gasteiger partial charge in [-0.25, -0.2) is 9.97 Å². The Balaban J connectivity index is 0.000000184. The van der Waals surface area contributed by atoms with Crippen molar-refractivity contribution in [1.82, 2.24) is 30.4 Å². The first-order valence-electron chi connectivity index (χ1n) is 27.9. The van der Waals surface area contributed by atoms with Crippen LogP contribution in [0.25, 0.3) is 45.2 Å². The molecule has 8 aromatic rings. The van der Waals surface area contributed by atoms with E-state index in [1.807, 2.05) is 52.0 Å². The molecular formula is C65H66BBrCl2N8O12. The van der Waals surface area contributed by atoms with Gasteiger partial charge in [0.15, 0.2) is 11.2 Å². The van der Waals surface area contributed by atoms with E-state index in [4.69, 9.17) is 62.3 Å². The minimum atomic E-state index is -0.543. The lowest BCUT2D eigenvalue weighted by Crippen LogP contribution is -2.44. The van der Waals surface area contributed by atoms with Crippen LogP contribution in [0.1, 0.15) is 78.5 Å². The molecule has 20 nitrogen and oxygen atoms in total. The smallest absolute Gasteiger partial charge is 0.458 e. The number of hydrogen-bond acceptors (Lipinski definition) is 16. The summed E-state index contributed by atoms with van der Waals surface area (Å²) in [4.78, 5) is 84.3. The summed E-state index contributed by atoms with van der Waals surface area (Å²) < 4.78 is 35.2. The molecule has 89 heavy (non-hydrogen) atoms. The number of nitrogens with one attached hydrogen (secondary N) is 2. The van der Waals surface area contributed by atoms with Gasteiger partial charge in [0.25, 0.3) is 11.8 Å². The quantitative estimate of drug-likeness (QED) is 0.0341. The second-order valence-corrected chi connectivity index (χ2v) is 23.2. The Bertz CT molecular complexity index is 3900. The standard InChI is InChI=1S/C29H25ClN4O5.C23H25BClN3O4.C12H12BrNO3.CH4/c30-24-15-21(19-3-5-20(6-4-19)27(36)29(37)34-9-11-38-12-10-34)13-22-14-23(39-28(22)24)17-33-26(35)8-2-18-1-7-25(31)32-16-18;1-22(2)23(3,4)32-24(31-22)16-9-15-10-17(30-21(15)18(25)11-16)13-28-20(29)8-6-14-5-7-19(26)27-12-14;13-10-3-1-9(2-4-10)11(15)12(16)14-5-7-17-8-6-14;/h1-8,13-16H,9-12,17H2,(H2,31,32)(H,33,35);5-12H,13H2,1-4H3,(H2,26,27)(H,28,29);1-4H,5-8H2;1H4/b8-2+;8-6+;;. The Hall–Kier alpha value is -8.48. The van der Waals surface area contributed by atoms with Crippen molar-refractivity contribution in [2.45, 2.75) is 59.4 Å². The van der Waals surface area contributed by atoms with Crippen LogP contribution < -0.4 is 27.6 Å². The fraction of sp³-hybridized carbons (Fsp3) is 0.262. The van der Waals surface area contributed by atoms with Gasteiger partial charge in [-0.05, 0) is 146 Å². The van der Waals surface area contributed by atoms with E-state index in [2.05, 4.69) is 36.5 Å². The zero-order valence-corrected chi connectivity index (χ0v) is 51.6. The third-order valence-electron chi connectivity index (χ3n) is 14.7. The Morgan fingerprint density at radius 1 is 0.584 bits per heavy atom. The molecule has 4 amide bonds. The highest BCUT2D eigenvalue weighted by Gasteiger charge is 2.52. The van der Waals surface area contributed by atoms with E-state index in [1.165, 1.54) is 22.0 Å². The molecule has 7 heterocycles. The van der Waals surface area contributed by atoms with Gasteiger partial charge in [0.05, 0.1) is 60.8 Å². The number of rotatable bonds is 14. The number of nitrogens with zero attached hydrogens (tertiary/aromatic N) is 4. The van der Waals surface area contributed by atoms with Gasteiger partial charge in [-0.1, -0.05) is 76.9 Å².